The van der Waals surface area contributed by atoms with Crippen LogP contribution in [0.3, 0.4) is 0 Å². The number of ether oxygens (including phenoxy) is 2. The van der Waals surface area contributed by atoms with E-state index in [4.69, 9.17) is 15.2 Å². The van der Waals surface area contributed by atoms with Gasteiger partial charge in [0.05, 0.1) is 20.3 Å². The van der Waals surface area contributed by atoms with E-state index in [1.165, 1.54) is 0 Å². The summed E-state index contributed by atoms with van der Waals surface area (Å²) < 4.78 is 10.4. The second kappa shape index (κ2) is 6.25. The summed E-state index contributed by atoms with van der Waals surface area (Å²) in [4.78, 5) is 4.02. The van der Waals surface area contributed by atoms with Crippen molar-refractivity contribution in [3.8, 4) is 11.5 Å². The van der Waals surface area contributed by atoms with Crippen LogP contribution < -0.4 is 15.2 Å². The van der Waals surface area contributed by atoms with Crippen LogP contribution >= 0.6 is 0 Å². The predicted octanol–water partition coefficient (Wildman–Crippen LogP) is 1.96. The number of aliphatic hydroxyl groups excluding tert-OH is 1. The van der Waals surface area contributed by atoms with Gasteiger partial charge in [0.15, 0.2) is 11.5 Å². The lowest BCUT2D eigenvalue weighted by molar-refractivity contribution is 0.178. The number of nitrogens with zero attached hydrogens (tertiary/aromatic N) is 1. The summed E-state index contributed by atoms with van der Waals surface area (Å²) in [6.45, 7) is 0. The van der Waals surface area contributed by atoms with Crippen LogP contribution in [-0.4, -0.2) is 24.3 Å². The zero-order valence-electron chi connectivity index (χ0n) is 11.5. The summed E-state index contributed by atoms with van der Waals surface area (Å²) >= 11 is 0. The largest absolute Gasteiger partial charge is 0.493 e. The number of hydrogen-bond acceptors (Lipinski definition) is 5. The Morgan fingerprint density at radius 3 is 2.60 bits per heavy atom. The van der Waals surface area contributed by atoms with Gasteiger partial charge >= 0.3 is 0 Å². The van der Waals surface area contributed by atoms with Gasteiger partial charge in [0, 0.05) is 24.5 Å². The number of rotatable bonds is 5. The molecule has 1 heterocycles. The van der Waals surface area contributed by atoms with Crippen molar-refractivity contribution < 1.29 is 14.6 Å². The number of nitrogen functional groups attached to an aromatic ring is 1. The Morgan fingerprint density at radius 1 is 1.20 bits per heavy atom. The summed E-state index contributed by atoms with van der Waals surface area (Å²) in [5, 5.41) is 10.3. The molecule has 0 bridgehead atoms. The van der Waals surface area contributed by atoms with Gasteiger partial charge in [0.2, 0.25) is 0 Å². The molecular weight excluding hydrogens is 256 g/mol. The third kappa shape index (κ3) is 3.00. The van der Waals surface area contributed by atoms with E-state index in [0.29, 0.717) is 23.6 Å². The minimum Gasteiger partial charge on any atom is -0.493 e. The molecule has 20 heavy (non-hydrogen) atoms. The van der Waals surface area contributed by atoms with E-state index in [-0.39, 0.29) is 0 Å². The molecule has 1 aromatic heterocycles. The number of methoxy groups -OCH3 is 2. The average molecular weight is 274 g/mol. The second-order valence-electron chi connectivity index (χ2n) is 4.41. The summed E-state index contributed by atoms with van der Waals surface area (Å²) in [5.41, 5.74) is 8.03. The summed E-state index contributed by atoms with van der Waals surface area (Å²) in [6.07, 6.45) is 3.01. The lowest BCUT2D eigenvalue weighted by Gasteiger charge is -2.15. The third-order valence-corrected chi connectivity index (χ3v) is 3.15. The van der Waals surface area contributed by atoms with Crippen molar-refractivity contribution in [2.75, 3.05) is 20.0 Å². The van der Waals surface area contributed by atoms with Gasteiger partial charge in [-0.25, -0.2) is 0 Å². The quantitative estimate of drug-likeness (QED) is 0.871. The van der Waals surface area contributed by atoms with Crippen molar-refractivity contribution in [3.63, 3.8) is 0 Å². The van der Waals surface area contributed by atoms with Gasteiger partial charge < -0.3 is 20.3 Å². The van der Waals surface area contributed by atoms with E-state index in [2.05, 4.69) is 4.98 Å². The summed E-state index contributed by atoms with van der Waals surface area (Å²) in [6, 6.07) is 7.05. The molecule has 0 aliphatic rings. The van der Waals surface area contributed by atoms with E-state index in [1.54, 1.807) is 50.9 Å². The third-order valence-electron chi connectivity index (χ3n) is 3.15. The van der Waals surface area contributed by atoms with E-state index < -0.39 is 6.10 Å². The normalized spacial score (nSPS) is 11.9. The van der Waals surface area contributed by atoms with Crippen LogP contribution in [0.5, 0.6) is 11.5 Å². The van der Waals surface area contributed by atoms with Crippen LogP contribution in [0.15, 0.2) is 36.7 Å². The molecule has 0 saturated heterocycles. The highest BCUT2D eigenvalue weighted by molar-refractivity contribution is 5.46. The van der Waals surface area contributed by atoms with Crippen molar-refractivity contribution in [2.45, 2.75) is 12.5 Å². The van der Waals surface area contributed by atoms with Crippen LogP contribution in [0.4, 0.5) is 5.69 Å². The topological polar surface area (TPSA) is 77.6 Å². The lowest BCUT2D eigenvalue weighted by Crippen LogP contribution is -2.05. The smallest absolute Gasteiger partial charge is 0.161 e. The molecule has 2 aromatic rings. The van der Waals surface area contributed by atoms with Crippen LogP contribution in [0, 0.1) is 0 Å². The molecule has 1 unspecified atom stereocenters. The number of nitrogens with two attached hydrogens (primary N) is 1. The molecular formula is C15H18N2O3. The van der Waals surface area contributed by atoms with Gasteiger partial charge in [-0.3, -0.25) is 4.98 Å². The molecule has 0 aliphatic heterocycles. The highest BCUT2D eigenvalue weighted by atomic mass is 16.5. The Bertz CT molecular complexity index is 587. The van der Waals surface area contributed by atoms with Crippen molar-refractivity contribution >= 4 is 5.69 Å². The second-order valence-corrected chi connectivity index (χ2v) is 4.41. The number of hydrogen-bond donors (Lipinski definition) is 2. The van der Waals surface area contributed by atoms with Gasteiger partial charge in [0.1, 0.15) is 0 Å². The molecule has 106 valence electrons. The molecule has 1 atom stereocenters. The van der Waals surface area contributed by atoms with Crippen molar-refractivity contribution in [1.82, 2.24) is 4.98 Å². The van der Waals surface area contributed by atoms with Gasteiger partial charge in [-0.15, -0.1) is 0 Å². The molecule has 5 nitrogen and oxygen atoms in total. The van der Waals surface area contributed by atoms with Crippen LogP contribution in [-0.2, 0) is 6.42 Å². The fraction of sp³-hybridized carbons (Fsp3) is 0.267. The average Bonchev–Trinajstić information content (AvgIpc) is 2.48. The lowest BCUT2D eigenvalue weighted by atomic mass is 10.0. The standard InChI is InChI=1S/C15H18N2O3/c1-19-14-4-3-10(8-15(14)20-2)13(18)7-11-9-17-6-5-12(11)16/h3-6,8-9,13,18H,7H2,1-2H3,(H2,16,17). The summed E-state index contributed by atoms with van der Waals surface area (Å²) in [5.74, 6) is 1.22. The SMILES string of the molecule is COc1ccc(C(O)Cc2cnccc2N)cc1OC. The summed E-state index contributed by atoms with van der Waals surface area (Å²) in [7, 11) is 3.14. The molecule has 0 fully saturated rings. The maximum absolute atomic E-state index is 10.3. The van der Waals surface area contributed by atoms with Crippen LogP contribution in [0.25, 0.3) is 0 Å². The Balaban J connectivity index is 2.21. The molecule has 5 heteroatoms. The number of aromatic nitrogens is 1. The molecule has 0 saturated carbocycles. The minimum absolute atomic E-state index is 0.398. The van der Waals surface area contributed by atoms with Crippen molar-refractivity contribution in [1.29, 1.82) is 0 Å². The first-order valence-electron chi connectivity index (χ1n) is 6.24. The molecule has 3 N–H and O–H groups in total. The van der Waals surface area contributed by atoms with Crippen molar-refractivity contribution in [2.24, 2.45) is 0 Å². The number of benzene rings is 1. The molecule has 1 aromatic carbocycles. The zero-order valence-corrected chi connectivity index (χ0v) is 11.5. The van der Waals surface area contributed by atoms with E-state index in [1.807, 2.05) is 0 Å². The molecule has 0 aliphatic carbocycles. The Morgan fingerprint density at radius 2 is 1.95 bits per heavy atom. The molecule has 2 rings (SSSR count). The highest BCUT2D eigenvalue weighted by Gasteiger charge is 2.13. The maximum Gasteiger partial charge on any atom is 0.161 e. The predicted molar refractivity (Wildman–Crippen MR) is 76.9 cm³/mol. The molecule has 0 spiro atoms. The molecule has 0 amide bonds. The first-order valence-corrected chi connectivity index (χ1v) is 6.24. The van der Waals surface area contributed by atoms with E-state index in [0.717, 1.165) is 11.1 Å². The molecule has 0 radical (unpaired) electrons. The van der Waals surface area contributed by atoms with Gasteiger partial charge in [-0.05, 0) is 29.3 Å². The Labute approximate surface area is 118 Å². The van der Waals surface area contributed by atoms with Gasteiger partial charge in [0.25, 0.3) is 0 Å². The Kier molecular flexibility index (Phi) is 4.42. The number of aliphatic hydroxyl groups is 1. The van der Waals surface area contributed by atoms with Crippen LogP contribution in [0.2, 0.25) is 0 Å². The fourth-order valence-corrected chi connectivity index (χ4v) is 1.99. The van der Waals surface area contributed by atoms with E-state index in [9.17, 15) is 5.11 Å². The first kappa shape index (κ1) is 14.1. The van der Waals surface area contributed by atoms with E-state index >= 15 is 0 Å². The Hall–Kier alpha value is -2.27. The van der Waals surface area contributed by atoms with Crippen LogP contribution in [0.1, 0.15) is 17.2 Å². The van der Waals surface area contributed by atoms with Crippen molar-refractivity contribution in [3.05, 3.63) is 47.8 Å². The number of pyridine rings is 1. The monoisotopic (exact) mass is 274 g/mol. The fourth-order valence-electron chi connectivity index (χ4n) is 1.99. The number of anilines is 1. The van der Waals surface area contributed by atoms with Gasteiger partial charge in [-0.1, -0.05) is 6.07 Å². The minimum atomic E-state index is -0.679. The zero-order chi connectivity index (χ0) is 14.5. The van der Waals surface area contributed by atoms with Gasteiger partial charge in [-0.2, -0.15) is 0 Å². The first-order chi connectivity index (χ1) is 9.65. The highest BCUT2D eigenvalue weighted by Crippen LogP contribution is 2.31. The maximum atomic E-state index is 10.3.